The molecule has 5 heteroatoms. The summed E-state index contributed by atoms with van der Waals surface area (Å²) in [7, 11) is 0. The number of nitro groups is 1. The third kappa shape index (κ3) is 1.76. The molecular weight excluding hydrogens is 189 g/mol. The lowest BCUT2D eigenvalue weighted by Crippen LogP contribution is -2.02. The van der Waals surface area contributed by atoms with Crippen LogP contribution in [0.3, 0.4) is 0 Å². The molecule has 0 aliphatic carbocycles. The number of Topliss-reactive ketones (excluding diaryl/α,β-unsaturated/α-hetero) is 1. The van der Waals surface area contributed by atoms with Gasteiger partial charge in [0.05, 0.1) is 16.6 Å². The van der Waals surface area contributed by atoms with Gasteiger partial charge in [0.15, 0.2) is 5.78 Å². The second-order valence-corrected chi connectivity index (χ2v) is 2.93. The van der Waals surface area contributed by atoms with Gasteiger partial charge < -0.3 is 0 Å². The number of carbonyl (C=O) groups excluding carboxylic acids is 1. The Labute approximate surface area is 79.5 Å². The molecule has 0 N–H and O–H groups in total. The number of rotatable bonds is 2. The van der Waals surface area contributed by atoms with E-state index in [0.717, 1.165) is 6.07 Å². The monoisotopic (exact) mass is 197 g/mol. The molecule has 74 valence electrons. The van der Waals surface area contributed by atoms with Gasteiger partial charge in [0, 0.05) is 0 Å². The number of carbonyl (C=O) groups is 1. The summed E-state index contributed by atoms with van der Waals surface area (Å²) in [4.78, 5) is 20.7. The molecule has 0 spiro atoms. The van der Waals surface area contributed by atoms with Crippen molar-refractivity contribution < 1.29 is 14.1 Å². The molecule has 1 aromatic rings. The molecule has 0 bridgehead atoms. The fourth-order valence-electron chi connectivity index (χ4n) is 1.10. The first-order valence-electron chi connectivity index (χ1n) is 3.89. The molecule has 0 amide bonds. The number of aryl methyl sites for hydroxylation is 1. The minimum atomic E-state index is -0.765. The van der Waals surface area contributed by atoms with Gasteiger partial charge in [-0.15, -0.1) is 0 Å². The van der Waals surface area contributed by atoms with Crippen molar-refractivity contribution in [1.29, 1.82) is 0 Å². The molecule has 0 unspecified atom stereocenters. The standard InChI is InChI=1S/C9H8FNO3/c1-5-3-7(6(2)12)9(11(13)14)4-8(5)10/h3-4H,1-2H3. The van der Waals surface area contributed by atoms with E-state index in [0.29, 0.717) is 0 Å². The van der Waals surface area contributed by atoms with Crippen LogP contribution in [0, 0.1) is 22.9 Å². The number of nitrogens with zero attached hydrogens (tertiary/aromatic N) is 1. The summed E-state index contributed by atoms with van der Waals surface area (Å²) in [5.74, 6) is -1.12. The van der Waals surface area contributed by atoms with E-state index in [1.54, 1.807) is 0 Å². The highest BCUT2D eigenvalue weighted by Crippen LogP contribution is 2.22. The van der Waals surface area contributed by atoms with Crippen molar-refractivity contribution in [2.24, 2.45) is 0 Å². The molecule has 1 aromatic carbocycles. The Bertz CT molecular complexity index is 376. The topological polar surface area (TPSA) is 60.2 Å². The van der Waals surface area contributed by atoms with Gasteiger partial charge in [-0.05, 0) is 25.5 Å². The lowest BCUT2D eigenvalue weighted by atomic mass is 10.1. The van der Waals surface area contributed by atoms with Gasteiger partial charge in [-0.2, -0.15) is 0 Å². The second kappa shape index (κ2) is 3.53. The van der Waals surface area contributed by atoms with Crippen LogP contribution in [-0.4, -0.2) is 10.7 Å². The molecule has 0 aliphatic heterocycles. The van der Waals surface area contributed by atoms with Gasteiger partial charge in [0.1, 0.15) is 5.82 Å². The minimum absolute atomic E-state index is 0.0612. The first-order valence-corrected chi connectivity index (χ1v) is 3.89. The molecule has 0 aliphatic rings. The highest BCUT2D eigenvalue weighted by atomic mass is 19.1. The number of hydrogen-bond donors (Lipinski definition) is 0. The van der Waals surface area contributed by atoms with Gasteiger partial charge in [0.25, 0.3) is 5.69 Å². The smallest absolute Gasteiger partial charge is 0.283 e. The molecule has 0 radical (unpaired) electrons. The van der Waals surface area contributed by atoms with Crippen molar-refractivity contribution in [3.63, 3.8) is 0 Å². The van der Waals surface area contributed by atoms with E-state index in [-0.39, 0.29) is 11.1 Å². The van der Waals surface area contributed by atoms with Crippen molar-refractivity contribution in [3.8, 4) is 0 Å². The van der Waals surface area contributed by atoms with Crippen LogP contribution in [-0.2, 0) is 0 Å². The fraction of sp³-hybridized carbons (Fsp3) is 0.222. The molecule has 14 heavy (non-hydrogen) atoms. The summed E-state index contributed by atoms with van der Waals surface area (Å²) in [5, 5.41) is 10.5. The number of benzene rings is 1. The normalized spacial score (nSPS) is 9.93. The van der Waals surface area contributed by atoms with Crippen LogP contribution in [0.5, 0.6) is 0 Å². The predicted octanol–water partition coefficient (Wildman–Crippen LogP) is 2.24. The number of hydrogen-bond acceptors (Lipinski definition) is 3. The zero-order valence-corrected chi connectivity index (χ0v) is 7.70. The first kappa shape index (κ1) is 10.3. The zero-order valence-electron chi connectivity index (χ0n) is 7.70. The Balaban J connectivity index is 3.46. The number of nitro benzene ring substituents is 1. The quantitative estimate of drug-likeness (QED) is 0.415. The van der Waals surface area contributed by atoms with E-state index in [1.165, 1.54) is 19.9 Å². The maximum Gasteiger partial charge on any atom is 0.283 e. The molecule has 0 atom stereocenters. The SMILES string of the molecule is CC(=O)c1cc(C)c(F)cc1[N+](=O)[O-]. The largest absolute Gasteiger partial charge is 0.294 e. The van der Waals surface area contributed by atoms with Crippen molar-refractivity contribution >= 4 is 11.5 Å². The highest BCUT2D eigenvalue weighted by Gasteiger charge is 2.19. The molecule has 4 nitrogen and oxygen atoms in total. The lowest BCUT2D eigenvalue weighted by molar-refractivity contribution is -0.385. The number of halogens is 1. The van der Waals surface area contributed by atoms with Gasteiger partial charge in [-0.25, -0.2) is 4.39 Å². The van der Waals surface area contributed by atoms with E-state index < -0.39 is 22.2 Å². The van der Waals surface area contributed by atoms with Crippen molar-refractivity contribution in [2.75, 3.05) is 0 Å². The first-order chi connectivity index (χ1) is 6.43. The summed E-state index contributed by atoms with van der Waals surface area (Å²) in [5.41, 5.74) is -0.324. The van der Waals surface area contributed by atoms with Crippen LogP contribution >= 0.6 is 0 Å². The van der Waals surface area contributed by atoms with Crippen LogP contribution in [0.2, 0.25) is 0 Å². The summed E-state index contributed by atoms with van der Waals surface area (Å²) in [6.45, 7) is 2.66. The van der Waals surface area contributed by atoms with E-state index in [1.807, 2.05) is 0 Å². The molecule has 1 rings (SSSR count). The predicted molar refractivity (Wildman–Crippen MR) is 47.8 cm³/mol. The Hall–Kier alpha value is -1.78. The Morgan fingerprint density at radius 1 is 1.50 bits per heavy atom. The van der Waals surface area contributed by atoms with Crippen LogP contribution in [0.15, 0.2) is 12.1 Å². The minimum Gasteiger partial charge on any atom is -0.294 e. The van der Waals surface area contributed by atoms with Crippen LogP contribution in [0.4, 0.5) is 10.1 Å². The second-order valence-electron chi connectivity index (χ2n) is 2.93. The number of ketones is 1. The molecule has 0 heterocycles. The molecule has 0 saturated heterocycles. The van der Waals surface area contributed by atoms with E-state index in [9.17, 15) is 19.3 Å². The third-order valence-electron chi connectivity index (χ3n) is 1.85. The molecule has 0 fully saturated rings. The van der Waals surface area contributed by atoms with Gasteiger partial charge in [-0.3, -0.25) is 14.9 Å². The molecular formula is C9H8FNO3. The zero-order chi connectivity index (χ0) is 10.9. The van der Waals surface area contributed by atoms with E-state index >= 15 is 0 Å². The Morgan fingerprint density at radius 2 is 2.07 bits per heavy atom. The maximum atomic E-state index is 13.0. The summed E-state index contributed by atoms with van der Waals surface area (Å²) >= 11 is 0. The Morgan fingerprint density at radius 3 is 2.50 bits per heavy atom. The van der Waals surface area contributed by atoms with Crippen molar-refractivity contribution in [2.45, 2.75) is 13.8 Å². The van der Waals surface area contributed by atoms with Crippen LogP contribution in [0.25, 0.3) is 0 Å². The van der Waals surface area contributed by atoms with Crippen LogP contribution in [0.1, 0.15) is 22.8 Å². The van der Waals surface area contributed by atoms with Crippen molar-refractivity contribution in [1.82, 2.24) is 0 Å². The van der Waals surface area contributed by atoms with Gasteiger partial charge in [-0.1, -0.05) is 0 Å². The summed E-state index contributed by atoms with van der Waals surface area (Å²) in [6.07, 6.45) is 0. The highest BCUT2D eigenvalue weighted by molar-refractivity contribution is 5.98. The maximum absolute atomic E-state index is 13.0. The Kier molecular flexibility index (Phi) is 2.60. The summed E-state index contributed by atoms with van der Waals surface area (Å²) in [6, 6.07) is 1.96. The molecule has 0 saturated carbocycles. The van der Waals surface area contributed by atoms with Gasteiger partial charge in [0.2, 0.25) is 0 Å². The lowest BCUT2D eigenvalue weighted by Gasteiger charge is -2.01. The van der Waals surface area contributed by atoms with E-state index in [2.05, 4.69) is 0 Å². The van der Waals surface area contributed by atoms with E-state index in [4.69, 9.17) is 0 Å². The average molecular weight is 197 g/mol. The third-order valence-corrected chi connectivity index (χ3v) is 1.85. The summed E-state index contributed by atoms with van der Waals surface area (Å²) < 4.78 is 13.0. The van der Waals surface area contributed by atoms with Crippen molar-refractivity contribution in [3.05, 3.63) is 39.2 Å². The average Bonchev–Trinajstić information content (AvgIpc) is 2.08. The van der Waals surface area contributed by atoms with Gasteiger partial charge >= 0.3 is 0 Å². The molecule has 0 aromatic heterocycles. The fourth-order valence-corrected chi connectivity index (χ4v) is 1.10. The van der Waals surface area contributed by atoms with Crippen LogP contribution < -0.4 is 0 Å².